The Morgan fingerprint density at radius 2 is 1.85 bits per heavy atom. The molecule has 2 aromatic carbocycles. The van der Waals surface area contributed by atoms with Gasteiger partial charge in [-0.2, -0.15) is 0 Å². The molecule has 0 aliphatic carbocycles. The normalized spacial score (nSPS) is 11.0. The molecular formula is C20H15N3O2S. The molecule has 0 radical (unpaired) electrons. The third-order valence-corrected chi connectivity index (χ3v) is 4.72. The molecule has 0 saturated heterocycles. The first kappa shape index (κ1) is 16.5. The summed E-state index contributed by atoms with van der Waals surface area (Å²) in [5.74, 6) is -0.385. The van der Waals surface area contributed by atoms with Crippen LogP contribution in [0.3, 0.4) is 0 Å². The van der Waals surface area contributed by atoms with Crippen molar-refractivity contribution in [3.05, 3.63) is 60.3 Å². The second-order valence-electron chi connectivity index (χ2n) is 5.67. The quantitative estimate of drug-likeness (QED) is 0.234. The highest BCUT2D eigenvalue weighted by Gasteiger charge is 2.15. The number of thioether (sulfide) groups is 1. The van der Waals surface area contributed by atoms with Crippen LogP contribution in [0.15, 0.2) is 59.9 Å². The van der Waals surface area contributed by atoms with E-state index in [-0.39, 0.29) is 5.97 Å². The molecule has 0 amide bonds. The van der Waals surface area contributed by atoms with E-state index in [1.165, 1.54) is 18.9 Å². The van der Waals surface area contributed by atoms with Crippen molar-refractivity contribution in [2.75, 3.05) is 13.4 Å². The second-order valence-corrected chi connectivity index (χ2v) is 6.44. The maximum atomic E-state index is 11.9. The first-order valence-corrected chi connectivity index (χ1v) is 9.22. The lowest BCUT2D eigenvalue weighted by Crippen LogP contribution is -2.02. The molecule has 0 aliphatic rings. The maximum Gasteiger partial charge on any atom is 0.337 e. The van der Waals surface area contributed by atoms with Crippen molar-refractivity contribution < 1.29 is 9.53 Å². The van der Waals surface area contributed by atoms with E-state index in [9.17, 15) is 4.79 Å². The van der Waals surface area contributed by atoms with Crippen LogP contribution in [0.5, 0.6) is 0 Å². The Hall–Kier alpha value is -2.99. The van der Waals surface area contributed by atoms with Crippen molar-refractivity contribution in [2.24, 2.45) is 0 Å². The highest BCUT2D eigenvalue weighted by molar-refractivity contribution is 7.98. The van der Waals surface area contributed by atoms with Crippen LogP contribution in [0.2, 0.25) is 0 Å². The first-order valence-electron chi connectivity index (χ1n) is 7.99. The molecular weight excluding hydrogens is 346 g/mol. The van der Waals surface area contributed by atoms with Gasteiger partial charge >= 0.3 is 5.97 Å². The van der Waals surface area contributed by atoms with Crippen LogP contribution in [-0.2, 0) is 4.74 Å². The van der Waals surface area contributed by atoms with Crippen LogP contribution in [0.25, 0.3) is 33.1 Å². The van der Waals surface area contributed by atoms with Crippen molar-refractivity contribution in [3.63, 3.8) is 0 Å². The minimum absolute atomic E-state index is 0.385. The van der Waals surface area contributed by atoms with E-state index >= 15 is 0 Å². The lowest BCUT2D eigenvalue weighted by molar-refractivity contribution is 0.0601. The number of carbonyl (C=O) groups is 1. The molecule has 0 spiro atoms. The molecule has 0 fully saturated rings. The standard InChI is InChI=1S/C20H15N3O2S/c1-25-19(24)13-8-9-14-15-11-21-20(26-2)23-18(15)17(22-16(14)10-13)12-6-4-3-5-7-12/h3-11H,1-2H3. The molecule has 2 aromatic heterocycles. The maximum absolute atomic E-state index is 11.9. The Morgan fingerprint density at radius 1 is 1.04 bits per heavy atom. The molecule has 4 aromatic rings. The zero-order chi connectivity index (χ0) is 18.1. The Kier molecular flexibility index (Phi) is 4.26. The largest absolute Gasteiger partial charge is 0.465 e. The van der Waals surface area contributed by atoms with E-state index < -0.39 is 0 Å². The number of ether oxygens (including phenoxy) is 1. The van der Waals surface area contributed by atoms with Gasteiger partial charge in [0.1, 0.15) is 5.52 Å². The Balaban J connectivity index is 2.09. The average molecular weight is 361 g/mol. The summed E-state index contributed by atoms with van der Waals surface area (Å²) in [6, 6.07) is 15.2. The third kappa shape index (κ3) is 2.78. The molecule has 128 valence electrons. The fourth-order valence-corrected chi connectivity index (χ4v) is 3.25. The van der Waals surface area contributed by atoms with Gasteiger partial charge in [-0.15, -0.1) is 0 Å². The summed E-state index contributed by atoms with van der Waals surface area (Å²) >= 11 is 1.49. The number of aromatic nitrogens is 3. The fourth-order valence-electron chi connectivity index (χ4n) is 2.91. The zero-order valence-electron chi connectivity index (χ0n) is 14.3. The minimum atomic E-state index is -0.385. The van der Waals surface area contributed by atoms with Crippen LogP contribution < -0.4 is 0 Å². The van der Waals surface area contributed by atoms with Gasteiger partial charge in [0.05, 0.1) is 23.9 Å². The Labute approximate surface area is 154 Å². The first-order chi connectivity index (χ1) is 12.7. The highest BCUT2D eigenvalue weighted by Crippen LogP contribution is 2.32. The number of methoxy groups -OCH3 is 1. The molecule has 2 heterocycles. The van der Waals surface area contributed by atoms with Gasteiger partial charge in [0.15, 0.2) is 5.16 Å². The third-order valence-electron chi connectivity index (χ3n) is 4.16. The molecule has 0 N–H and O–H groups in total. The van der Waals surface area contributed by atoms with Crippen molar-refractivity contribution in [1.82, 2.24) is 15.0 Å². The van der Waals surface area contributed by atoms with Gasteiger partial charge in [0.2, 0.25) is 0 Å². The summed E-state index contributed by atoms with van der Waals surface area (Å²) in [4.78, 5) is 25.8. The summed E-state index contributed by atoms with van der Waals surface area (Å²) in [5, 5.41) is 2.50. The van der Waals surface area contributed by atoms with Gasteiger partial charge in [-0.05, 0) is 18.4 Å². The van der Waals surface area contributed by atoms with Gasteiger partial charge in [0, 0.05) is 22.5 Å². The molecule has 0 aliphatic heterocycles. The zero-order valence-corrected chi connectivity index (χ0v) is 15.1. The number of pyridine rings is 1. The second kappa shape index (κ2) is 6.72. The van der Waals surface area contributed by atoms with E-state index in [0.717, 1.165) is 27.5 Å². The number of nitrogens with zero attached hydrogens (tertiary/aromatic N) is 3. The summed E-state index contributed by atoms with van der Waals surface area (Å²) in [5.41, 5.74) is 3.71. The minimum Gasteiger partial charge on any atom is -0.465 e. The average Bonchev–Trinajstić information content (AvgIpc) is 2.72. The predicted molar refractivity (Wildman–Crippen MR) is 103 cm³/mol. The molecule has 4 rings (SSSR count). The van der Waals surface area contributed by atoms with Gasteiger partial charge in [-0.25, -0.2) is 19.7 Å². The molecule has 6 heteroatoms. The number of hydrogen-bond donors (Lipinski definition) is 0. The van der Waals surface area contributed by atoms with Crippen LogP contribution in [-0.4, -0.2) is 34.3 Å². The van der Waals surface area contributed by atoms with Crippen LogP contribution in [0.4, 0.5) is 0 Å². The summed E-state index contributed by atoms with van der Waals surface area (Å²) in [6.45, 7) is 0. The van der Waals surface area contributed by atoms with Gasteiger partial charge in [-0.3, -0.25) is 0 Å². The number of fused-ring (bicyclic) bond motifs is 3. The van der Waals surface area contributed by atoms with Crippen molar-refractivity contribution in [3.8, 4) is 11.3 Å². The topological polar surface area (TPSA) is 65.0 Å². The summed E-state index contributed by atoms with van der Waals surface area (Å²) in [6.07, 6.45) is 3.77. The number of hydrogen-bond acceptors (Lipinski definition) is 6. The van der Waals surface area contributed by atoms with Crippen LogP contribution in [0.1, 0.15) is 10.4 Å². The van der Waals surface area contributed by atoms with E-state index in [1.54, 1.807) is 12.1 Å². The van der Waals surface area contributed by atoms with Gasteiger partial charge < -0.3 is 4.74 Å². The SMILES string of the molecule is COC(=O)c1ccc2c(c1)nc(-c1ccccc1)c1nc(SC)ncc12. The number of esters is 1. The predicted octanol–water partition coefficient (Wildman–Crippen LogP) is 4.35. The monoisotopic (exact) mass is 361 g/mol. The van der Waals surface area contributed by atoms with E-state index in [1.807, 2.05) is 48.9 Å². The van der Waals surface area contributed by atoms with E-state index in [0.29, 0.717) is 16.2 Å². The number of carbonyl (C=O) groups excluding carboxylic acids is 1. The summed E-state index contributed by atoms with van der Waals surface area (Å²) < 4.78 is 4.82. The van der Waals surface area contributed by atoms with Crippen molar-refractivity contribution >= 4 is 39.5 Å². The highest BCUT2D eigenvalue weighted by atomic mass is 32.2. The van der Waals surface area contributed by atoms with Gasteiger partial charge in [-0.1, -0.05) is 48.2 Å². The van der Waals surface area contributed by atoms with E-state index in [2.05, 4.69) is 4.98 Å². The van der Waals surface area contributed by atoms with Crippen LogP contribution in [0, 0.1) is 0 Å². The lowest BCUT2D eigenvalue weighted by Gasteiger charge is -2.10. The molecule has 0 unspecified atom stereocenters. The van der Waals surface area contributed by atoms with Crippen LogP contribution >= 0.6 is 11.8 Å². The number of benzene rings is 2. The van der Waals surface area contributed by atoms with Gasteiger partial charge in [0.25, 0.3) is 0 Å². The fraction of sp³-hybridized carbons (Fsp3) is 0.100. The van der Waals surface area contributed by atoms with Crippen molar-refractivity contribution in [1.29, 1.82) is 0 Å². The lowest BCUT2D eigenvalue weighted by atomic mass is 10.0. The Morgan fingerprint density at radius 3 is 2.58 bits per heavy atom. The molecule has 0 bridgehead atoms. The molecule has 0 saturated carbocycles. The van der Waals surface area contributed by atoms with E-state index in [4.69, 9.17) is 14.7 Å². The Bertz CT molecular complexity index is 1130. The number of rotatable bonds is 3. The molecule has 26 heavy (non-hydrogen) atoms. The molecule has 0 atom stereocenters. The molecule has 5 nitrogen and oxygen atoms in total. The smallest absolute Gasteiger partial charge is 0.337 e. The summed E-state index contributed by atoms with van der Waals surface area (Å²) in [7, 11) is 1.37. The van der Waals surface area contributed by atoms with Crippen molar-refractivity contribution in [2.45, 2.75) is 5.16 Å².